The third-order valence-corrected chi connectivity index (χ3v) is 4.13. The van der Waals surface area contributed by atoms with Gasteiger partial charge in [-0.15, -0.1) is 0 Å². The topological polar surface area (TPSA) is 0 Å². The molecule has 0 amide bonds. The lowest BCUT2D eigenvalue weighted by molar-refractivity contribution is 1.00. The zero-order valence-corrected chi connectivity index (χ0v) is 11.3. The molecule has 0 aliphatic heterocycles. The summed E-state index contributed by atoms with van der Waals surface area (Å²) in [5.74, 6) is 0. The molecule has 0 saturated heterocycles. The van der Waals surface area contributed by atoms with Crippen LogP contribution >= 0.6 is 0 Å². The quantitative estimate of drug-likeness (QED) is 0.464. The van der Waals surface area contributed by atoms with Crippen LogP contribution in [-0.2, 0) is 12.8 Å². The third-order valence-electron chi connectivity index (χ3n) is 4.13. The van der Waals surface area contributed by atoms with Crippen molar-refractivity contribution in [3.05, 3.63) is 95.1 Å². The van der Waals surface area contributed by atoms with Gasteiger partial charge in [-0.1, -0.05) is 66.7 Å². The van der Waals surface area contributed by atoms with Crippen molar-refractivity contribution < 1.29 is 0 Å². The van der Waals surface area contributed by atoms with E-state index >= 15 is 0 Å². The first-order chi connectivity index (χ1) is 9.92. The minimum absolute atomic E-state index is 0.997. The van der Waals surface area contributed by atoms with Crippen molar-refractivity contribution in [2.24, 2.45) is 0 Å². The summed E-state index contributed by atoms with van der Waals surface area (Å²) in [6.07, 6.45) is 2.03. The van der Waals surface area contributed by atoms with E-state index in [2.05, 4.69) is 66.7 Å². The smallest absolute Gasteiger partial charge is 0.000775 e. The van der Waals surface area contributed by atoms with Crippen LogP contribution in [0.1, 0.15) is 22.3 Å². The molecule has 4 rings (SSSR count). The van der Waals surface area contributed by atoms with Crippen LogP contribution in [0.15, 0.2) is 66.7 Å². The van der Waals surface area contributed by atoms with Gasteiger partial charge in [0.05, 0.1) is 0 Å². The van der Waals surface area contributed by atoms with Gasteiger partial charge in [0, 0.05) is 0 Å². The van der Waals surface area contributed by atoms with Crippen molar-refractivity contribution >= 4 is 0 Å². The molecule has 1 aliphatic carbocycles. The Hall–Kier alpha value is -2.34. The van der Waals surface area contributed by atoms with Gasteiger partial charge in [-0.3, -0.25) is 0 Å². The average Bonchev–Trinajstić information content (AvgIpc) is 2.53. The van der Waals surface area contributed by atoms with Crippen molar-refractivity contribution in [3.8, 4) is 11.1 Å². The summed E-state index contributed by atoms with van der Waals surface area (Å²) in [6.45, 7) is 0. The van der Waals surface area contributed by atoms with Gasteiger partial charge in [0.15, 0.2) is 0 Å². The molecule has 0 aromatic heterocycles. The number of benzene rings is 3. The predicted molar refractivity (Wildman–Crippen MR) is 82.8 cm³/mol. The summed E-state index contributed by atoms with van der Waals surface area (Å²) >= 11 is 0. The Balaban J connectivity index is 1.87. The van der Waals surface area contributed by atoms with Crippen LogP contribution in [0.2, 0.25) is 0 Å². The van der Waals surface area contributed by atoms with E-state index in [1.54, 1.807) is 0 Å². The van der Waals surface area contributed by atoms with E-state index < -0.39 is 0 Å². The monoisotopic (exact) mass is 255 g/mol. The molecule has 0 nitrogen and oxygen atoms in total. The molecular weight excluding hydrogens is 240 g/mol. The van der Waals surface area contributed by atoms with E-state index in [1.165, 1.54) is 33.4 Å². The molecule has 0 heteroatoms. The lowest BCUT2D eigenvalue weighted by Crippen LogP contribution is -2.08. The predicted octanol–water partition coefficient (Wildman–Crippen LogP) is 4.65. The molecule has 0 saturated carbocycles. The van der Waals surface area contributed by atoms with E-state index in [1.807, 2.05) is 6.07 Å². The molecule has 20 heavy (non-hydrogen) atoms. The van der Waals surface area contributed by atoms with E-state index in [0.717, 1.165) is 12.8 Å². The molecule has 0 fully saturated rings. The minimum Gasteiger partial charge on any atom is -0.0622 e. The van der Waals surface area contributed by atoms with Crippen LogP contribution in [0.3, 0.4) is 0 Å². The average molecular weight is 255 g/mol. The fourth-order valence-corrected chi connectivity index (χ4v) is 3.12. The zero-order chi connectivity index (χ0) is 13.4. The maximum Gasteiger partial charge on any atom is -0.000775 e. The maximum atomic E-state index is 3.41. The number of fused-ring (bicyclic) bond motifs is 2. The first-order valence-corrected chi connectivity index (χ1v) is 7.06. The second kappa shape index (κ2) is 4.64. The fourth-order valence-electron chi connectivity index (χ4n) is 3.12. The fraction of sp³-hybridized carbons (Fsp3) is 0.100. The van der Waals surface area contributed by atoms with Gasteiger partial charge < -0.3 is 0 Å². The summed E-state index contributed by atoms with van der Waals surface area (Å²) < 4.78 is 0. The highest BCUT2D eigenvalue weighted by molar-refractivity contribution is 5.70. The highest BCUT2D eigenvalue weighted by Gasteiger charge is 2.17. The molecule has 1 aliphatic rings. The van der Waals surface area contributed by atoms with Crippen molar-refractivity contribution in [3.63, 3.8) is 0 Å². The molecule has 95 valence electrons. The Morgan fingerprint density at radius 1 is 0.700 bits per heavy atom. The van der Waals surface area contributed by atoms with Gasteiger partial charge in [-0.2, -0.15) is 0 Å². The Labute approximate surface area is 119 Å². The molecule has 3 aromatic carbocycles. The molecule has 0 heterocycles. The van der Waals surface area contributed by atoms with Gasteiger partial charge in [0.1, 0.15) is 0 Å². The number of rotatable bonds is 1. The van der Waals surface area contributed by atoms with Gasteiger partial charge in [0.2, 0.25) is 0 Å². The third kappa shape index (κ3) is 1.85. The molecule has 3 aromatic rings. The maximum absolute atomic E-state index is 3.41. The summed E-state index contributed by atoms with van der Waals surface area (Å²) in [5.41, 5.74) is 8.37. The molecular formula is C20H15. The highest BCUT2D eigenvalue weighted by Crippen LogP contribution is 2.33. The van der Waals surface area contributed by atoms with Crippen molar-refractivity contribution in [2.75, 3.05) is 0 Å². The van der Waals surface area contributed by atoms with Gasteiger partial charge >= 0.3 is 0 Å². The summed E-state index contributed by atoms with van der Waals surface area (Å²) in [5, 5.41) is 0. The summed E-state index contributed by atoms with van der Waals surface area (Å²) in [4.78, 5) is 0. The van der Waals surface area contributed by atoms with E-state index in [-0.39, 0.29) is 0 Å². The van der Waals surface area contributed by atoms with Crippen molar-refractivity contribution in [2.45, 2.75) is 12.8 Å². The molecule has 0 unspecified atom stereocenters. The second-order valence-corrected chi connectivity index (χ2v) is 5.34. The van der Waals surface area contributed by atoms with Crippen molar-refractivity contribution in [1.82, 2.24) is 0 Å². The Bertz CT molecular complexity index is 754. The molecule has 0 spiro atoms. The largest absolute Gasteiger partial charge is 0.0622 e. The molecule has 1 radical (unpaired) electrons. The second-order valence-electron chi connectivity index (χ2n) is 5.34. The lowest BCUT2D eigenvalue weighted by atomic mass is 9.82. The summed E-state index contributed by atoms with van der Waals surface area (Å²) in [6, 6.07) is 27.1. The normalized spacial score (nSPS) is 12.6. The zero-order valence-electron chi connectivity index (χ0n) is 11.3. The van der Waals surface area contributed by atoms with Crippen LogP contribution in [0.4, 0.5) is 0 Å². The van der Waals surface area contributed by atoms with Crippen molar-refractivity contribution in [1.29, 1.82) is 0 Å². The Morgan fingerprint density at radius 3 is 2.45 bits per heavy atom. The van der Waals surface area contributed by atoms with Crippen LogP contribution in [-0.4, -0.2) is 0 Å². The number of hydrogen-bond donors (Lipinski definition) is 0. The van der Waals surface area contributed by atoms with Crippen LogP contribution in [0, 0.1) is 6.07 Å². The van der Waals surface area contributed by atoms with Gasteiger partial charge in [-0.25, -0.2) is 0 Å². The van der Waals surface area contributed by atoms with Crippen LogP contribution in [0.25, 0.3) is 11.1 Å². The number of hydrogen-bond acceptors (Lipinski definition) is 0. The van der Waals surface area contributed by atoms with Crippen LogP contribution in [0.5, 0.6) is 0 Å². The minimum atomic E-state index is 0.997. The highest BCUT2D eigenvalue weighted by atomic mass is 14.2. The van der Waals surface area contributed by atoms with Crippen LogP contribution < -0.4 is 0 Å². The molecule has 0 N–H and O–H groups in total. The SMILES string of the molecule is [c]1cccc2c1Cc1c(cccc1-c1ccccc1)C2. The standard InChI is InChI=1S/C20H15/c1-2-7-15(8-3-1)19-12-6-11-18-13-16-9-4-5-10-17(16)14-20(18)19/h1-9,11-12H,13-14H2. The van der Waals surface area contributed by atoms with Gasteiger partial charge in [0.25, 0.3) is 0 Å². The molecule has 0 bridgehead atoms. The first-order valence-electron chi connectivity index (χ1n) is 7.06. The van der Waals surface area contributed by atoms with E-state index in [9.17, 15) is 0 Å². The lowest BCUT2D eigenvalue weighted by Gasteiger charge is -2.22. The molecule has 0 atom stereocenters. The van der Waals surface area contributed by atoms with E-state index in [4.69, 9.17) is 0 Å². The first kappa shape index (κ1) is 11.5. The Kier molecular flexibility index (Phi) is 2.67. The summed E-state index contributed by atoms with van der Waals surface area (Å²) in [7, 11) is 0. The Morgan fingerprint density at radius 2 is 1.55 bits per heavy atom. The van der Waals surface area contributed by atoms with E-state index in [0.29, 0.717) is 0 Å². The van der Waals surface area contributed by atoms with Gasteiger partial charge in [-0.05, 0) is 52.3 Å².